The molecule has 1 aliphatic rings. The van der Waals surface area contributed by atoms with E-state index in [1.807, 2.05) is 41.5 Å². The van der Waals surface area contributed by atoms with Crippen molar-refractivity contribution in [2.75, 3.05) is 18.5 Å². The van der Waals surface area contributed by atoms with Crippen LogP contribution >= 0.6 is 11.6 Å². The third-order valence-corrected chi connectivity index (χ3v) is 4.18. The summed E-state index contributed by atoms with van der Waals surface area (Å²) in [5, 5.41) is 0.451. The van der Waals surface area contributed by atoms with Gasteiger partial charge in [-0.1, -0.05) is 76.9 Å². The molecule has 0 aliphatic carbocycles. The average Bonchev–Trinajstić information content (AvgIpc) is 2.99. The minimum atomic E-state index is -0.215. The van der Waals surface area contributed by atoms with Gasteiger partial charge in [0.05, 0.1) is 0 Å². The number of halogens is 2. The predicted molar refractivity (Wildman–Crippen MR) is 116 cm³/mol. The van der Waals surface area contributed by atoms with Crippen LogP contribution in [0.3, 0.4) is 0 Å². The van der Waals surface area contributed by atoms with Gasteiger partial charge in [0.25, 0.3) is 0 Å². The molecule has 1 aliphatic heterocycles. The summed E-state index contributed by atoms with van der Waals surface area (Å²) in [5.41, 5.74) is 5.01. The highest BCUT2D eigenvalue weighted by Crippen LogP contribution is 2.26. The normalized spacial score (nSPS) is 11.4. The molecule has 0 spiro atoms. The third kappa shape index (κ3) is 7.37. The molecule has 0 fully saturated rings. The molecule has 3 rings (SSSR count). The number of hydrogen-bond acceptors (Lipinski definition) is 1. The number of anilines is 1. The van der Waals surface area contributed by atoms with Gasteiger partial charge in [0.2, 0.25) is 0 Å². The van der Waals surface area contributed by atoms with Gasteiger partial charge in [-0.05, 0) is 48.6 Å². The highest BCUT2D eigenvalue weighted by molar-refractivity contribution is 6.30. The van der Waals surface area contributed by atoms with Crippen LogP contribution in [0.4, 0.5) is 10.1 Å². The lowest BCUT2D eigenvalue weighted by atomic mass is 10.0. The summed E-state index contributed by atoms with van der Waals surface area (Å²) in [6.45, 7) is 15.2. The highest BCUT2D eigenvalue weighted by Gasteiger charge is 2.14. The van der Waals surface area contributed by atoms with Crippen molar-refractivity contribution < 1.29 is 4.39 Å². The summed E-state index contributed by atoms with van der Waals surface area (Å²) in [4.78, 5) is 2.31. The number of hydrogen-bond donors (Lipinski definition) is 0. The van der Waals surface area contributed by atoms with Crippen LogP contribution in [0.2, 0.25) is 5.02 Å². The SMILES string of the molecule is CC.CC.CC(C)c1ccc(Cl)cc1F.Cc1ccc2c(c1)CCN2C. The second-order valence-corrected chi connectivity index (χ2v) is 6.56. The van der Waals surface area contributed by atoms with Crippen LogP contribution in [0.25, 0.3) is 0 Å². The fourth-order valence-electron chi connectivity index (χ4n) is 2.67. The summed E-state index contributed by atoms with van der Waals surface area (Å²) < 4.78 is 13.0. The van der Waals surface area contributed by atoms with Gasteiger partial charge in [-0.2, -0.15) is 0 Å². The van der Waals surface area contributed by atoms with Crippen molar-refractivity contribution in [2.45, 2.75) is 60.8 Å². The molecule has 0 atom stereocenters. The Morgan fingerprint density at radius 1 is 1.00 bits per heavy atom. The Kier molecular flexibility index (Phi) is 12.0. The zero-order chi connectivity index (χ0) is 20.3. The molecule has 26 heavy (non-hydrogen) atoms. The molecule has 0 N–H and O–H groups in total. The van der Waals surface area contributed by atoms with E-state index in [2.05, 4.69) is 37.1 Å². The smallest absolute Gasteiger partial charge is 0.128 e. The Balaban J connectivity index is 0.000000404. The maximum atomic E-state index is 13.0. The topological polar surface area (TPSA) is 3.24 Å². The zero-order valence-corrected chi connectivity index (χ0v) is 18.4. The summed E-state index contributed by atoms with van der Waals surface area (Å²) >= 11 is 5.58. The van der Waals surface area contributed by atoms with E-state index in [-0.39, 0.29) is 11.7 Å². The lowest BCUT2D eigenvalue weighted by Gasteiger charge is -2.11. The largest absolute Gasteiger partial charge is 0.374 e. The molecule has 0 saturated carbocycles. The summed E-state index contributed by atoms with van der Waals surface area (Å²) in [6, 6.07) is 11.5. The molecule has 0 saturated heterocycles. The van der Waals surface area contributed by atoms with Crippen molar-refractivity contribution in [3.05, 3.63) is 63.9 Å². The van der Waals surface area contributed by atoms with Crippen LogP contribution in [-0.2, 0) is 6.42 Å². The van der Waals surface area contributed by atoms with Gasteiger partial charge in [-0.15, -0.1) is 0 Å². The molecule has 0 bridgehead atoms. The van der Waals surface area contributed by atoms with E-state index >= 15 is 0 Å². The Morgan fingerprint density at radius 3 is 2.15 bits per heavy atom. The highest BCUT2D eigenvalue weighted by atomic mass is 35.5. The van der Waals surface area contributed by atoms with E-state index in [1.54, 1.807) is 12.1 Å². The Hall–Kier alpha value is -1.54. The van der Waals surface area contributed by atoms with Crippen molar-refractivity contribution >= 4 is 17.3 Å². The average molecular weight is 380 g/mol. The number of aryl methyl sites for hydroxylation is 1. The van der Waals surface area contributed by atoms with Crippen LogP contribution in [0, 0.1) is 12.7 Å². The minimum absolute atomic E-state index is 0.215. The molecule has 0 aromatic heterocycles. The lowest BCUT2D eigenvalue weighted by Crippen LogP contribution is -2.12. The fraction of sp³-hybridized carbons (Fsp3) is 0.478. The van der Waals surface area contributed by atoms with E-state index < -0.39 is 0 Å². The molecule has 0 radical (unpaired) electrons. The van der Waals surface area contributed by atoms with E-state index in [1.165, 1.54) is 35.8 Å². The van der Waals surface area contributed by atoms with Gasteiger partial charge in [0, 0.05) is 24.3 Å². The number of rotatable bonds is 1. The lowest BCUT2D eigenvalue weighted by molar-refractivity contribution is 0.598. The van der Waals surface area contributed by atoms with Crippen molar-refractivity contribution in [3.8, 4) is 0 Å². The first-order chi connectivity index (χ1) is 12.4. The molecule has 0 amide bonds. The van der Waals surface area contributed by atoms with Crippen LogP contribution in [0.15, 0.2) is 36.4 Å². The molecule has 3 heteroatoms. The van der Waals surface area contributed by atoms with Gasteiger partial charge in [0.1, 0.15) is 5.82 Å². The molecule has 2 aromatic carbocycles. The van der Waals surface area contributed by atoms with E-state index in [0.717, 1.165) is 5.56 Å². The van der Waals surface area contributed by atoms with E-state index in [4.69, 9.17) is 11.6 Å². The number of benzene rings is 2. The van der Waals surface area contributed by atoms with Gasteiger partial charge in [-0.3, -0.25) is 0 Å². The monoisotopic (exact) mass is 379 g/mol. The minimum Gasteiger partial charge on any atom is -0.374 e. The van der Waals surface area contributed by atoms with Crippen LogP contribution < -0.4 is 4.90 Å². The molecule has 0 unspecified atom stereocenters. The predicted octanol–water partition coefficient (Wildman–Crippen LogP) is 7.64. The number of fused-ring (bicyclic) bond motifs is 1. The summed E-state index contributed by atoms with van der Waals surface area (Å²) in [7, 11) is 2.15. The molecule has 1 heterocycles. The van der Waals surface area contributed by atoms with Crippen molar-refractivity contribution in [2.24, 2.45) is 0 Å². The molecule has 2 aromatic rings. The fourth-order valence-corrected chi connectivity index (χ4v) is 2.82. The first kappa shape index (κ1) is 24.5. The first-order valence-corrected chi connectivity index (χ1v) is 10.0. The Bertz CT molecular complexity index is 647. The van der Waals surface area contributed by atoms with Crippen molar-refractivity contribution in [1.29, 1.82) is 0 Å². The Labute approximate surface area is 165 Å². The first-order valence-electron chi connectivity index (χ1n) is 9.64. The number of nitrogens with zero attached hydrogens (tertiary/aromatic N) is 1. The molecular weight excluding hydrogens is 345 g/mol. The van der Waals surface area contributed by atoms with Gasteiger partial charge < -0.3 is 4.90 Å². The maximum Gasteiger partial charge on any atom is 0.128 e. The van der Waals surface area contributed by atoms with Crippen molar-refractivity contribution in [3.63, 3.8) is 0 Å². The zero-order valence-electron chi connectivity index (χ0n) is 17.7. The van der Waals surface area contributed by atoms with Crippen LogP contribution in [0.5, 0.6) is 0 Å². The van der Waals surface area contributed by atoms with Crippen LogP contribution in [-0.4, -0.2) is 13.6 Å². The summed E-state index contributed by atoms with van der Waals surface area (Å²) in [5.74, 6) is -0.000216. The van der Waals surface area contributed by atoms with Gasteiger partial charge >= 0.3 is 0 Å². The van der Waals surface area contributed by atoms with Gasteiger partial charge in [-0.25, -0.2) is 4.39 Å². The second-order valence-electron chi connectivity index (χ2n) is 6.12. The number of likely N-dealkylation sites (N-methyl/N-ethyl adjacent to an activating group) is 1. The third-order valence-electron chi connectivity index (χ3n) is 3.95. The Morgan fingerprint density at radius 2 is 1.62 bits per heavy atom. The van der Waals surface area contributed by atoms with E-state index in [0.29, 0.717) is 5.02 Å². The molecule has 1 nitrogen and oxygen atoms in total. The summed E-state index contributed by atoms with van der Waals surface area (Å²) in [6.07, 6.45) is 1.22. The van der Waals surface area contributed by atoms with Crippen molar-refractivity contribution in [1.82, 2.24) is 0 Å². The molecule has 146 valence electrons. The second kappa shape index (κ2) is 12.8. The standard InChI is InChI=1S/C10H13N.C9H10ClF.2C2H6/c1-8-3-4-10-9(7-8)5-6-11(10)2;1-6(2)8-4-3-7(10)5-9(8)11;2*1-2/h3-4,7H,5-6H2,1-2H3;3-6H,1-2H3;2*1-2H3. The maximum absolute atomic E-state index is 13.0. The van der Waals surface area contributed by atoms with E-state index in [9.17, 15) is 4.39 Å². The molecular formula is C23H35ClFN. The quantitative estimate of drug-likeness (QED) is 0.491. The van der Waals surface area contributed by atoms with Crippen LogP contribution in [0.1, 0.15) is 64.2 Å². The van der Waals surface area contributed by atoms with Gasteiger partial charge in [0.15, 0.2) is 0 Å².